The molecule has 1 unspecified atom stereocenters. The van der Waals surface area contributed by atoms with Gasteiger partial charge in [0, 0.05) is 10.0 Å². The SMILES string of the molecule is O=C1CN(C(=O)c2ccc(Oc3ccccc3)cc2)C(c2cccc(Br)c2)N1O. The van der Waals surface area contributed by atoms with Crippen LogP contribution >= 0.6 is 15.9 Å². The van der Waals surface area contributed by atoms with E-state index in [1.54, 1.807) is 42.5 Å². The monoisotopic (exact) mass is 452 g/mol. The molecule has 7 heteroatoms. The van der Waals surface area contributed by atoms with Gasteiger partial charge < -0.3 is 9.64 Å². The summed E-state index contributed by atoms with van der Waals surface area (Å²) >= 11 is 3.38. The van der Waals surface area contributed by atoms with Crippen LogP contribution in [-0.4, -0.2) is 33.5 Å². The highest BCUT2D eigenvalue weighted by atomic mass is 79.9. The second-order valence-electron chi connectivity index (χ2n) is 6.54. The van der Waals surface area contributed by atoms with Crippen molar-refractivity contribution >= 4 is 27.7 Å². The van der Waals surface area contributed by atoms with Crippen molar-refractivity contribution in [1.29, 1.82) is 0 Å². The number of halogens is 1. The Kier molecular flexibility index (Phi) is 5.33. The summed E-state index contributed by atoms with van der Waals surface area (Å²) in [6.07, 6.45) is -0.882. The quantitative estimate of drug-likeness (QED) is 0.586. The van der Waals surface area contributed by atoms with E-state index in [1.165, 1.54) is 4.90 Å². The first-order valence-electron chi connectivity index (χ1n) is 8.93. The van der Waals surface area contributed by atoms with Gasteiger partial charge in [-0.3, -0.25) is 14.8 Å². The summed E-state index contributed by atoms with van der Waals surface area (Å²) in [5.74, 6) is 0.401. The molecule has 1 saturated heterocycles. The fourth-order valence-corrected chi connectivity index (χ4v) is 3.62. The molecule has 0 aliphatic carbocycles. The van der Waals surface area contributed by atoms with Crippen LogP contribution in [0.4, 0.5) is 0 Å². The molecule has 2 amide bonds. The summed E-state index contributed by atoms with van der Waals surface area (Å²) in [5.41, 5.74) is 1.03. The minimum atomic E-state index is -0.882. The number of carbonyl (C=O) groups excluding carboxylic acids is 2. The number of para-hydroxylation sites is 1. The van der Waals surface area contributed by atoms with Crippen LogP contribution in [0.15, 0.2) is 83.3 Å². The van der Waals surface area contributed by atoms with Crippen molar-refractivity contribution in [3.05, 3.63) is 94.5 Å². The van der Waals surface area contributed by atoms with Gasteiger partial charge in [0.2, 0.25) is 0 Å². The summed E-state index contributed by atoms with van der Waals surface area (Å²) in [6, 6.07) is 23.2. The molecule has 1 heterocycles. The summed E-state index contributed by atoms with van der Waals surface area (Å²) in [4.78, 5) is 26.5. The second-order valence-corrected chi connectivity index (χ2v) is 7.46. The summed E-state index contributed by atoms with van der Waals surface area (Å²) in [6.45, 7) is -0.200. The molecule has 0 aromatic heterocycles. The van der Waals surface area contributed by atoms with Crippen molar-refractivity contribution in [2.75, 3.05) is 6.54 Å². The number of ether oxygens (including phenoxy) is 1. The number of hydrogen-bond donors (Lipinski definition) is 1. The molecular formula is C22H17BrN2O4. The van der Waals surface area contributed by atoms with Crippen LogP contribution in [0.25, 0.3) is 0 Å². The Morgan fingerprint density at radius 2 is 1.66 bits per heavy atom. The molecule has 1 aliphatic rings. The molecule has 1 N–H and O–H groups in total. The lowest BCUT2D eigenvalue weighted by atomic mass is 10.1. The largest absolute Gasteiger partial charge is 0.457 e. The molecule has 29 heavy (non-hydrogen) atoms. The van der Waals surface area contributed by atoms with Crippen LogP contribution in [-0.2, 0) is 4.79 Å². The molecule has 0 radical (unpaired) electrons. The number of rotatable bonds is 4. The van der Waals surface area contributed by atoms with Crippen molar-refractivity contribution in [2.45, 2.75) is 6.17 Å². The third-order valence-electron chi connectivity index (χ3n) is 4.58. The number of hydrogen-bond acceptors (Lipinski definition) is 4. The van der Waals surface area contributed by atoms with E-state index >= 15 is 0 Å². The highest BCUT2D eigenvalue weighted by Gasteiger charge is 2.41. The van der Waals surface area contributed by atoms with E-state index in [9.17, 15) is 14.8 Å². The lowest BCUT2D eigenvalue weighted by molar-refractivity contribution is -0.168. The Morgan fingerprint density at radius 1 is 0.966 bits per heavy atom. The maximum absolute atomic E-state index is 13.1. The highest BCUT2D eigenvalue weighted by Crippen LogP contribution is 2.32. The minimum Gasteiger partial charge on any atom is -0.457 e. The van der Waals surface area contributed by atoms with E-state index in [0.29, 0.717) is 27.7 Å². The van der Waals surface area contributed by atoms with E-state index in [0.717, 1.165) is 4.47 Å². The molecule has 0 bridgehead atoms. The topological polar surface area (TPSA) is 70.1 Å². The first-order valence-corrected chi connectivity index (χ1v) is 9.72. The van der Waals surface area contributed by atoms with E-state index in [1.807, 2.05) is 36.4 Å². The number of amides is 2. The average molecular weight is 453 g/mol. The maximum Gasteiger partial charge on any atom is 0.267 e. The number of benzene rings is 3. The first-order chi connectivity index (χ1) is 14.0. The van der Waals surface area contributed by atoms with E-state index < -0.39 is 12.1 Å². The zero-order chi connectivity index (χ0) is 20.4. The highest BCUT2D eigenvalue weighted by molar-refractivity contribution is 9.10. The predicted octanol–water partition coefficient (Wildman–Crippen LogP) is 4.61. The van der Waals surface area contributed by atoms with Crippen molar-refractivity contribution in [3.63, 3.8) is 0 Å². The van der Waals surface area contributed by atoms with Crippen LogP contribution in [0.1, 0.15) is 22.1 Å². The molecule has 146 valence electrons. The van der Waals surface area contributed by atoms with Crippen LogP contribution in [0.2, 0.25) is 0 Å². The zero-order valence-corrected chi connectivity index (χ0v) is 16.8. The molecule has 0 spiro atoms. The fourth-order valence-electron chi connectivity index (χ4n) is 3.20. The smallest absolute Gasteiger partial charge is 0.267 e. The molecule has 1 fully saturated rings. The Balaban J connectivity index is 1.56. The number of hydroxylamine groups is 2. The summed E-state index contributed by atoms with van der Waals surface area (Å²) in [7, 11) is 0. The first kappa shape index (κ1) is 19.2. The Morgan fingerprint density at radius 3 is 2.34 bits per heavy atom. The third kappa shape index (κ3) is 4.01. The van der Waals surface area contributed by atoms with Crippen molar-refractivity contribution in [2.24, 2.45) is 0 Å². The predicted molar refractivity (Wildman–Crippen MR) is 110 cm³/mol. The zero-order valence-electron chi connectivity index (χ0n) is 15.2. The minimum absolute atomic E-state index is 0.200. The Labute approximate surface area is 176 Å². The summed E-state index contributed by atoms with van der Waals surface area (Å²) < 4.78 is 6.53. The van der Waals surface area contributed by atoms with Gasteiger partial charge in [-0.1, -0.05) is 46.3 Å². The number of carbonyl (C=O) groups is 2. The van der Waals surface area contributed by atoms with Gasteiger partial charge in [-0.2, -0.15) is 5.06 Å². The van der Waals surface area contributed by atoms with E-state index in [2.05, 4.69) is 15.9 Å². The number of nitrogens with zero attached hydrogens (tertiary/aromatic N) is 2. The molecule has 3 aromatic carbocycles. The lowest BCUT2D eigenvalue weighted by Crippen LogP contribution is -2.34. The van der Waals surface area contributed by atoms with Gasteiger partial charge in [0.25, 0.3) is 11.8 Å². The van der Waals surface area contributed by atoms with Gasteiger partial charge >= 0.3 is 0 Å². The molecule has 3 aromatic rings. The standard InChI is InChI=1S/C22H17BrN2O4/c23-17-6-4-5-16(13-17)21-24(14-20(26)25(21)28)22(27)15-9-11-19(12-10-15)29-18-7-2-1-3-8-18/h1-13,21,28H,14H2. The van der Waals surface area contributed by atoms with Crippen LogP contribution in [0.5, 0.6) is 11.5 Å². The Bertz CT molecular complexity index is 1040. The van der Waals surface area contributed by atoms with Crippen LogP contribution in [0, 0.1) is 0 Å². The van der Waals surface area contributed by atoms with E-state index in [4.69, 9.17) is 4.74 Å². The molecule has 6 nitrogen and oxygen atoms in total. The van der Waals surface area contributed by atoms with Gasteiger partial charge in [-0.15, -0.1) is 0 Å². The molecule has 4 rings (SSSR count). The van der Waals surface area contributed by atoms with Crippen LogP contribution in [0.3, 0.4) is 0 Å². The fraction of sp³-hybridized carbons (Fsp3) is 0.0909. The van der Waals surface area contributed by atoms with Gasteiger partial charge in [0.15, 0.2) is 6.17 Å². The average Bonchev–Trinajstić information content (AvgIpc) is 3.03. The maximum atomic E-state index is 13.1. The van der Waals surface area contributed by atoms with Gasteiger partial charge in [-0.25, -0.2) is 0 Å². The third-order valence-corrected chi connectivity index (χ3v) is 5.07. The molecular weight excluding hydrogens is 436 g/mol. The normalized spacial score (nSPS) is 16.2. The molecule has 1 atom stereocenters. The molecule has 0 saturated carbocycles. The van der Waals surface area contributed by atoms with Crippen molar-refractivity contribution in [3.8, 4) is 11.5 Å². The van der Waals surface area contributed by atoms with Crippen LogP contribution < -0.4 is 4.74 Å². The van der Waals surface area contributed by atoms with Crippen molar-refractivity contribution in [1.82, 2.24) is 9.96 Å². The Hall–Kier alpha value is -3.16. The van der Waals surface area contributed by atoms with Gasteiger partial charge in [-0.05, 0) is 54.1 Å². The second kappa shape index (κ2) is 8.06. The van der Waals surface area contributed by atoms with Crippen molar-refractivity contribution < 1.29 is 19.5 Å². The van der Waals surface area contributed by atoms with Gasteiger partial charge in [0.05, 0.1) is 0 Å². The molecule has 1 aliphatic heterocycles. The van der Waals surface area contributed by atoms with E-state index in [-0.39, 0.29) is 12.5 Å². The lowest BCUT2D eigenvalue weighted by Gasteiger charge is -2.26. The van der Waals surface area contributed by atoms with Gasteiger partial charge in [0.1, 0.15) is 18.0 Å². The summed E-state index contributed by atoms with van der Waals surface area (Å²) in [5, 5.41) is 10.8.